The number of aromatic nitrogens is 3. The summed E-state index contributed by atoms with van der Waals surface area (Å²) in [6.07, 6.45) is 3.44. The summed E-state index contributed by atoms with van der Waals surface area (Å²) in [4.78, 5) is 17.1. The first-order chi connectivity index (χ1) is 16.6. The van der Waals surface area contributed by atoms with Crippen molar-refractivity contribution in [3.8, 4) is 34.3 Å². The van der Waals surface area contributed by atoms with Gasteiger partial charge in [0.25, 0.3) is 0 Å². The minimum absolute atomic E-state index is 0.159. The number of anilines is 1. The zero-order valence-electron chi connectivity index (χ0n) is 19.2. The van der Waals surface area contributed by atoms with Gasteiger partial charge < -0.3 is 24.3 Å². The largest absolute Gasteiger partial charge is 0.497 e. The third-order valence-corrected chi connectivity index (χ3v) is 6.02. The average Bonchev–Trinajstić information content (AvgIpc) is 3.32. The van der Waals surface area contributed by atoms with Crippen LogP contribution in [0.15, 0.2) is 59.9 Å². The molecule has 0 aliphatic carbocycles. The quantitative estimate of drug-likeness (QED) is 0.357. The summed E-state index contributed by atoms with van der Waals surface area (Å²) in [6, 6.07) is 13.0. The molecule has 0 bridgehead atoms. The van der Waals surface area contributed by atoms with E-state index in [0.717, 1.165) is 22.5 Å². The second kappa shape index (κ2) is 10.3. The lowest BCUT2D eigenvalue weighted by atomic mass is 10.1. The molecule has 0 atom stereocenters. The van der Waals surface area contributed by atoms with Crippen molar-refractivity contribution in [2.45, 2.75) is 5.03 Å². The van der Waals surface area contributed by atoms with E-state index in [2.05, 4.69) is 15.4 Å². The second-order valence-corrected chi connectivity index (χ2v) is 8.04. The van der Waals surface area contributed by atoms with Crippen LogP contribution in [0.25, 0.3) is 16.8 Å². The Labute approximate surface area is 201 Å². The van der Waals surface area contributed by atoms with Crippen LogP contribution < -0.4 is 24.3 Å². The van der Waals surface area contributed by atoms with Gasteiger partial charge in [0.05, 0.1) is 45.4 Å². The van der Waals surface area contributed by atoms with Gasteiger partial charge in [0.2, 0.25) is 11.7 Å². The molecular formula is C24H24N4O5S. The fourth-order valence-electron chi connectivity index (χ4n) is 3.40. The highest BCUT2D eigenvalue weighted by Crippen LogP contribution is 2.40. The Bertz CT molecular complexity index is 1280. The van der Waals surface area contributed by atoms with Gasteiger partial charge in [-0.25, -0.2) is 9.50 Å². The number of carbonyl (C=O) groups excluding carboxylic acids is 1. The summed E-state index contributed by atoms with van der Waals surface area (Å²) in [5.41, 5.74) is 3.12. The molecule has 0 radical (unpaired) electrons. The SMILES string of the molecule is COc1ccc(-c2cc3c(SCC(=O)Nc4cc(OC)c(OC)c(OC)c4)nccn3n2)cc1. The number of carbonyl (C=O) groups is 1. The van der Waals surface area contributed by atoms with Crippen LogP contribution in [-0.2, 0) is 4.79 Å². The van der Waals surface area contributed by atoms with Gasteiger partial charge in [0, 0.05) is 35.8 Å². The van der Waals surface area contributed by atoms with Gasteiger partial charge >= 0.3 is 0 Å². The van der Waals surface area contributed by atoms with E-state index < -0.39 is 0 Å². The van der Waals surface area contributed by atoms with Crippen LogP contribution in [0.3, 0.4) is 0 Å². The van der Waals surface area contributed by atoms with Crippen molar-refractivity contribution in [2.24, 2.45) is 0 Å². The van der Waals surface area contributed by atoms with Crippen molar-refractivity contribution < 1.29 is 23.7 Å². The molecule has 0 saturated carbocycles. The lowest BCUT2D eigenvalue weighted by molar-refractivity contribution is -0.113. The predicted molar refractivity (Wildman–Crippen MR) is 130 cm³/mol. The predicted octanol–water partition coefficient (Wildman–Crippen LogP) is 4.16. The first-order valence-electron chi connectivity index (χ1n) is 10.3. The van der Waals surface area contributed by atoms with Crippen molar-refractivity contribution in [3.63, 3.8) is 0 Å². The van der Waals surface area contributed by atoms with Crippen molar-refractivity contribution in [1.82, 2.24) is 14.6 Å². The van der Waals surface area contributed by atoms with Gasteiger partial charge in [-0.1, -0.05) is 11.8 Å². The van der Waals surface area contributed by atoms with E-state index >= 15 is 0 Å². The number of benzene rings is 2. The van der Waals surface area contributed by atoms with Crippen molar-refractivity contribution in [1.29, 1.82) is 0 Å². The highest BCUT2D eigenvalue weighted by atomic mass is 32.2. The number of hydrogen-bond acceptors (Lipinski definition) is 8. The summed E-state index contributed by atoms with van der Waals surface area (Å²) >= 11 is 1.33. The minimum atomic E-state index is -0.196. The maximum atomic E-state index is 12.7. The third kappa shape index (κ3) is 4.86. The monoisotopic (exact) mass is 480 g/mol. The molecule has 176 valence electrons. The number of hydrogen-bond donors (Lipinski definition) is 1. The van der Waals surface area contributed by atoms with Gasteiger partial charge in [-0.05, 0) is 30.3 Å². The van der Waals surface area contributed by atoms with E-state index in [1.54, 1.807) is 36.2 Å². The normalized spacial score (nSPS) is 10.7. The molecule has 1 N–H and O–H groups in total. The highest BCUT2D eigenvalue weighted by Gasteiger charge is 2.16. The maximum Gasteiger partial charge on any atom is 0.234 e. The van der Waals surface area contributed by atoms with Crippen LogP contribution in [-0.4, -0.2) is 54.7 Å². The van der Waals surface area contributed by atoms with Gasteiger partial charge in [0.15, 0.2) is 11.5 Å². The Morgan fingerprint density at radius 3 is 2.29 bits per heavy atom. The molecule has 0 saturated heterocycles. The van der Waals surface area contributed by atoms with Gasteiger partial charge in [-0.15, -0.1) is 0 Å². The Morgan fingerprint density at radius 1 is 0.971 bits per heavy atom. The first-order valence-corrected chi connectivity index (χ1v) is 11.3. The number of nitrogens with one attached hydrogen (secondary N) is 1. The van der Waals surface area contributed by atoms with Gasteiger partial charge in [-0.3, -0.25) is 4.79 Å². The summed E-state index contributed by atoms with van der Waals surface area (Å²) in [5, 5.41) is 8.20. The average molecular weight is 481 g/mol. The van der Waals surface area contributed by atoms with E-state index in [0.29, 0.717) is 28.0 Å². The van der Waals surface area contributed by atoms with Crippen LogP contribution in [0.4, 0.5) is 5.69 Å². The maximum absolute atomic E-state index is 12.7. The molecule has 0 unspecified atom stereocenters. The van der Waals surface area contributed by atoms with Crippen LogP contribution in [0, 0.1) is 0 Å². The number of fused-ring (bicyclic) bond motifs is 1. The van der Waals surface area contributed by atoms with E-state index in [-0.39, 0.29) is 11.7 Å². The van der Waals surface area contributed by atoms with Crippen LogP contribution in [0.2, 0.25) is 0 Å². The molecule has 0 aliphatic heterocycles. The number of amides is 1. The van der Waals surface area contributed by atoms with E-state index in [9.17, 15) is 4.79 Å². The summed E-state index contributed by atoms with van der Waals surface area (Å²) in [5.74, 6) is 2.12. The standard InChI is InChI=1S/C24H24N4O5S/c1-30-17-7-5-15(6-8-17)18-13-19-24(25-9-10-28(19)27-18)34-14-22(29)26-16-11-20(31-2)23(33-4)21(12-16)32-3/h5-13H,14H2,1-4H3,(H,26,29). The Balaban J connectivity index is 1.49. The molecule has 2 aromatic carbocycles. The Morgan fingerprint density at radius 2 is 1.68 bits per heavy atom. The highest BCUT2D eigenvalue weighted by molar-refractivity contribution is 8.00. The molecule has 2 heterocycles. The fraction of sp³-hybridized carbons (Fsp3) is 0.208. The summed E-state index contributed by atoms with van der Waals surface area (Å²) in [6.45, 7) is 0. The summed E-state index contributed by atoms with van der Waals surface area (Å²) in [7, 11) is 6.21. The fourth-order valence-corrected chi connectivity index (χ4v) is 4.17. The molecular weight excluding hydrogens is 456 g/mol. The molecule has 10 heteroatoms. The van der Waals surface area contributed by atoms with Gasteiger partial charge in [0.1, 0.15) is 10.8 Å². The molecule has 1 amide bonds. The topological polar surface area (TPSA) is 96.2 Å². The summed E-state index contributed by atoms with van der Waals surface area (Å²) < 4.78 is 23.0. The molecule has 0 spiro atoms. The van der Waals surface area contributed by atoms with E-state index in [1.807, 2.05) is 30.3 Å². The van der Waals surface area contributed by atoms with E-state index in [4.69, 9.17) is 18.9 Å². The number of nitrogens with zero attached hydrogens (tertiary/aromatic N) is 3. The second-order valence-electron chi connectivity index (χ2n) is 7.07. The number of thioether (sulfide) groups is 1. The van der Waals surface area contributed by atoms with Crippen LogP contribution in [0.5, 0.6) is 23.0 Å². The smallest absolute Gasteiger partial charge is 0.234 e. The van der Waals surface area contributed by atoms with E-state index in [1.165, 1.54) is 33.1 Å². The van der Waals surface area contributed by atoms with Gasteiger partial charge in [-0.2, -0.15) is 5.10 Å². The zero-order chi connectivity index (χ0) is 24.1. The number of rotatable bonds is 9. The van der Waals surface area contributed by atoms with Crippen LogP contribution in [0.1, 0.15) is 0 Å². The lowest BCUT2D eigenvalue weighted by Crippen LogP contribution is -2.14. The lowest BCUT2D eigenvalue weighted by Gasteiger charge is -2.14. The molecule has 34 heavy (non-hydrogen) atoms. The van der Waals surface area contributed by atoms with Crippen molar-refractivity contribution in [2.75, 3.05) is 39.5 Å². The molecule has 4 aromatic rings. The molecule has 4 rings (SSSR count). The van der Waals surface area contributed by atoms with Crippen molar-refractivity contribution in [3.05, 3.63) is 54.9 Å². The zero-order valence-corrected chi connectivity index (χ0v) is 20.0. The molecule has 9 nitrogen and oxygen atoms in total. The first kappa shape index (κ1) is 23.2. The van der Waals surface area contributed by atoms with Crippen molar-refractivity contribution >= 4 is 28.9 Å². The molecule has 0 fully saturated rings. The minimum Gasteiger partial charge on any atom is -0.497 e. The molecule has 2 aromatic heterocycles. The third-order valence-electron chi connectivity index (χ3n) is 5.03. The molecule has 0 aliphatic rings. The number of methoxy groups -OCH3 is 4. The number of ether oxygens (including phenoxy) is 4. The van der Waals surface area contributed by atoms with Crippen LogP contribution >= 0.6 is 11.8 Å². The Hall–Kier alpha value is -3.92. The Kier molecular flexibility index (Phi) is 7.07.